The van der Waals surface area contributed by atoms with Crippen molar-refractivity contribution in [2.75, 3.05) is 23.8 Å². The number of hydrogen-bond donors (Lipinski definition) is 3. The number of fused-ring (bicyclic) bond motifs is 2. The van der Waals surface area contributed by atoms with E-state index in [0.717, 1.165) is 17.2 Å². The Labute approximate surface area is 240 Å². The summed E-state index contributed by atoms with van der Waals surface area (Å²) in [6.07, 6.45) is 2.50. The minimum atomic E-state index is -1.11. The molecule has 3 N–H and O–H groups in total. The number of carbonyl (C=O) groups is 3. The number of rotatable bonds is 9. The molecular formula is C33H37N3O5. The predicted molar refractivity (Wildman–Crippen MR) is 157 cm³/mol. The zero-order valence-electron chi connectivity index (χ0n) is 23.5. The van der Waals surface area contributed by atoms with Crippen LogP contribution in [0, 0.1) is 17.8 Å². The van der Waals surface area contributed by atoms with Gasteiger partial charge in [0, 0.05) is 24.5 Å². The summed E-state index contributed by atoms with van der Waals surface area (Å²) in [5.74, 6) is -2.32. The van der Waals surface area contributed by atoms with Crippen molar-refractivity contribution in [2.24, 2.45) is 17.8 Å². The molecule has 6 rings (SSSR count). The number of aliphatic hydroxyl groups is 1. The average molecular weight is 556 g/mol. The second-order valence-electron chi connectivity index (χ2n) is 11.9. The standard InChI is InChI=1S/C33H37N3O5/c1-21-20-33-27(26(32(21,2)41-33)29(38)34-24-13-5-3-6-14-24)31(40)36(17-9-4-10-18-37)28(33)30(39)35-25-16-15-22-11-7-8-12-23(22)19-25/h3,5-8,11-16,19,21,26-28,37H,4,9-10,17-18,20H2,1-2H3,(H,34,38)(H,35,39)/t21?,26-,27-,28?,32+,33?/m0/s1. The fourth-order valence-electron chi connectivity index (χ4n) is 7.47. The van der Waals surface area contributed by atoms with Crippen molar-refractivity contribution in [3.8, 4) is 0 Å². The molecule has 8 nitrogen and oxygen atoms in total. The highest BCUT2D eigenvalue weighted by Gasteiger charge is 2.79. The first-order valence-electron chi connectivity index (χ1n) is 14.6. The van der Waals surface area contributed by atoms with Crippen molar-refractivity contribution in [3.05, 3.63) is 72.8 Å². The molecule has 3 fully saturated rings. The van der Waals surface area contributed by atoms with Crippen molar-refractivity contribution >= 4 is 39.9 Å². The van der Waals surface area contributed by atoms with Gasteiger partial charge < -0.3 is 25.4 Å². The third-order valence-electron chi connectivity index (χ3n) is 9.46. The van der Waals surface area contributed by atoms with Crippen LogP contribution < -0.4 is 10.6 Å². The average Bonchev–Trinajstić information content (AvgIpc) is 3.48. The predicted octanol–water partition coefficient (Wildman–Crippen LogP) is 4.59. The van der Waals surface area contributed by atoms with Gasteiger partial charge in [-0.2, -0.15) is 0 Å². The Bertz CT molecular complexity index is 1480. The van der Waals surface area contributed by atoms with E-state index in [-0.39, 0.29) is 30.2 Å². The molecule has 3 aliphatic heterocycles. The van der Waals surface area contributed by atoms with E-state index in [1.165, 1.54) is 0 Å². The van der Waals surface area contributed by atoms with Gasteiger partial charge in [-0.3, -0.25) is 14.4 Å². The van der Waals surface area contributed by atoms with Gasteiger partial charge >= 0.3 is 0 Å². The van der Waals surface area contributed by atoms with E-state index in [2.05, 4.69) is 10.6 Å². The monoisotopic (exact) mass is 555 g/mol. The van der Waals surface area contributed by atoms with Crippen LogP contribution in [0.25, 0.3) is 10.8 Å². The fourth-order valence-corrected chi connectivity index (χ4v) is 7.47. The first kappa shape index (κ1) is 27.4. The van der Waals surface area contributed by atoms with E-state index in [0.29, 0.717) is 37.2 Å². The Kier molecular flexibility index (Phi) is 7.08. The maximum Gasteiger partial charge on any atom is 0.250 e. The van der Waals surface area contributed by atoms with Gasteiger partial charge in [-0.05, 0) is 73.6 Å². The first-order chi connectivity index (χ1) is 19.8. The van der Waals surface area contributed by atoms with Crippen LogP contribution in [-0.2, 0) is 19.1 Å². The molecule has 214 valence electrons. The Hall–Kier alpha value is -3.75. The Morgan fingerprint density at radius 1 is 0.927 bits per heavy atom. The number of aliphatic hydroxyl groups excluding tert-OH is 1. The second kappa shape index (κ2) is 10.6. The SMILES string of the molecule is CC1CC23O[C@@]1(C)[C@H](C(=O)Nc1ccccc1)[C@H]2C(=O)N(CCCCCO)C3C(=O)Nc1ccc2ccccc2c1. The Balaban J connectivity index is 1.35. The van der Waals surface area contributed by atoms with Gasteiger partial charge in [0.25, 0.3) is 0 Å². The van der Waals surface area contributed by atoms with Crippen molar-refractivity contribution in [1.29, 1.82) is 0 Å². The van der Waals surface area contributed by atoms with Crippen LogP contribution in [0.1, 0.15) is 39.5 Å². The maximum absolute atomic E-state index is 14.2. The minimum absolute atomic E-state index is 0.0385. The van der Waals surface area contributed by atoms with Gasteiger partial charge in [0.05, 0.1) is 17.4 Å². The first-order valence-corrected chi connectivity index (χ1v) is 14.6. The number of para-hydroxylation sites is 1. The largest absolute Gasteiger partial charge is 0.396 e. The van der Waals surface area contributed by atoms with Gasteiger partial charge in [-0.25, -0.2) is 0 Å². The Morgan fingerprint density at radius 2 is 1.63 bits per heavy atom. The lowest BCUT2D eigenvalue weighted by Gasteiger charge is -2.36. The summed E-state index contributed by atoms with van der Waals surface area (Å²) >= 11 is 0. The molecule has 41 heavy (non-hydrogen) atoms. The molecule has 3 unspecified atom stereocenters. The number of ether oxygens (including phenoxy) is 1. The summed E-state index contributed by atoms with van der Waals surface area (Å²) in [5, 5.41) is 17.4. The van der Waals surface area contributed by atoms with Gasteiger partial charge in [0.15, 0.2) is 0 Å². The summed E-state index contributed by atoms with van der Waals surface area (Å²) in [6, 6.07) is 22.0. The molecule has 0 radical (unpaired) electrons. The van der Waals surface area contributed by atoms with E-state index in [4.69, 9.17) is 4.74 Å². The van der Waals surface area contributed by atoms with Crippen molar-refractivity contribution < 1.29 is 24.2 Å². The van der Waals surface area contributed by atoms with Gasteiger partial charge in [-0.15, -0.1) is 0 Å². The fraction of sp³-hybridized carbons (Fsp3) is 0.424. The van der Waals surface area contributed by atoms with Crippen LogP contribution in [0.15, 0.2) is 72.8 Å². The number of benzene rings is 3. The normalized spacial score (nSPS) is 30.0. The highest BCUT2D eigenvalue weighted by molar-refractivity contribution is 6.06. The molecule has 1 spiro atoms. The quantitative estimate of drug-likeness (QED) is 0.335. The molecule has 0 aliphatic carbocycles. The van der Waals surface area contributed by atoms with Crippen LogP contribution in [0.5, 0.6) is 0 Å². The molecule has 0 saturated carbocycles. The molecule has 2 bridgehead atoms. The molecule has 3 aromatic carbocycles. The summed E-state index contributed by atoms with van der Waals surface area (Å²) in [6.45, 7) is 4.39. The molecule has 3 saturated heterocycles. The van der Waals surface area contributed by atoms with Gasteiger partial charge in [-0.1, -0.05) is 55.5 Å². The molecule has 3 heterocycles. The highest BCUT2D eigenvalue weighted by atomic mass is 16.5. The summed E-state index contributed by atoms with van der Waals surface area (Å²) < 4.78 is 6.80. The van der Waals surface area contributed by atoms with Crippen LogP contribution in [-0.4, -0.2) is 58.1 Å². The number of carbonyl (C=O) groups excluding carboxylic acids is 3. The van der Waals surface area contributed by atoms with E-state index in [1.54, 1.807) is 4.90 Å². The zero-order valence-corrected chi connectivity index (χ0v) is 23.5. The molecule has 3 aliphatic rings. The molecular weight excluding hydrogens is 518 g/mol. The molecule has 0 aromatic heterocycles. The van der Waals surface area contributed by atoms with E-state index < -0.39 is 29.1 Å². The van der Waals surface area contributed by atoms with Crippen molar-refractivity contribution in [2.45, 2.75) is 56.8 Å². The third-order valence-corrected chi connectivity index (χ3v) is 9.46. The van der Waals surface area contributed by atoms with Gasteiger partial charge in [0.2, 0.25) is 17.7 Å². The molecule has 3 amide bonds. The maximum atomic E-state index is 14.2. The number of unbranched alkanes of at least 4 members (excludes halogenated alkanes) is 2. The van der Waals surface area contributed by atoms with E-state index in [1.807, 2.05) is 86.6 Å². The summed E-state index contributed by atoms with van der Waals surface area (Å²) in [7, 11) is 0. The number of amides is 3. The van der Waals surface area contributed by atoms with Crippen LogP contribution >= 0.6 is 0 Å². The van der Waals surface area contributed by atoms with Crippen molar-refractivity contribution in [3.63, 3.8) is 0 Å². The van der Waals surface area contributed by atoms with Crippen molar-refractivity contribution in [1.82, 2.24) is 4.90 Å². The van der Waals surface area contributed by atoms with Crippen LogP contribution in [0.4, 0.5) is 11.4 Å². The zero-order chi connectivity index (χ0) is 28.8. The highest BCUT2D eigenvalue weighted by Crippen LogP contribution is 2.65. The number of anilines is 2. The van der Waals surface area contributed by atoms with E-state index >= 15 is 0 Å². The van der Waals surface area contributed by atoms with Crippen LogP contribution in [0.3, 0.4) is 0 Å². The molecule has 3 aromatic rings. The number of hydrogen-bond acceptors (Lipinski definition) is 5. The molecule has 6 atom stereocenters. The third kappa shape index (κ3) is 4.50. The minimum Gasteiger partial charge on any atom is -0.396 e. The number of likely N-dealkylation sites (tertiary alicyclic amines) is 1. The lowest BCUT2D eigenvalue weighted by molar-refractivity contribution is -0.144. The van der Waals surface area contributed by atoms with E-state index in [9.17, 15) is 19.5 Å². The Morgan fingerprint density at radius 3 is 2.39 bits per heavy atom. The lowest BCUT2D eigenvalue weighted by Crippen LogP contribution is -2.54. The number of nitrogens with zero attached hydrogens (tertiary/aromatic N) is 1. The summed E-state index contributed by atoms with van der Waals surface area (Å²) in [4.78, 5) is 43.9. The van der Waals surface area contributed by atoms with Crippen LogP contribution in [0.2, 0.25) is 0 Å². The topological polar surface area (TPSA) is 108 Å². The smallest absolute Gasteiger partial charge is 0.250 e. The lowest BCUT2D eigenvalue weighted by atomic mass is 9.62. The van der Waals surface area contributed by atoms with Gasteiger partial charge in [0.1, 0.15) is 11.6 Å². The summed E-state index contributed by atoms with van der Waals surface area (Å²) in [5.41, 5.74) is -0.695. The molecule has 8 heteroatoms. The second-order valence-corrected chi connectivity index (χ2v) is 11.9. The number of nitrogens with one attached hydrogen (secondary N) is 2.